The maximum Gasteiger partial charge on any atom is 0.269 e. The van der Waals surface area contributed by atoms with Gasteiger partial charge in [0, 0.05) is 43.8 Å². The number of hydrogen-bond donors (Lipinski definition) is 0. The van der Waals surface area contributed by atoms with E-state index in [9.17, 15) is 18.0 Å². The van der Waals surface area contributed by atoms with E-state index < -0.39 is 28.4 Å². The number of hydrogen-bond acceptors (Lipinski definition) is 7. The third kappa shape index (κ3) is 4.50. The van der Waals surface area contributed by atoms with Crippen molar-refractivity contribution in [2.75, 3.05) is 46.9 Å². The van der Waals surface area contributed by atoms with Gasteiger partial charge in [0.2, 0.25) is 5.91 Å². The fraction of sp³-hybridized carbons (Fsp3) is 0.364. The number of amides is 2. The second-order valence-electron chi connectivity index (χ2n) is 7.81. The average Bonchev–Trinajstić information content (AvgIpc) is 2.98. The predicted octanol–water partition coefficient (Wildman–Crippen LogP) is 1.85. The van der Waals surface area contributed by atoms with Gasteiger partial charge in [-0.1, -0.05) is 23.7 Å². The number of halogens is 1. The highest BCUT2D eigenvalue weighted by molar-refractivity contribution is 7.90. The number of benzene rings is 2. The summed E-state index contributed by atoms with van der Waals surface area (Å²) in [4.78, 5) is 29.3. The molecule has 2 aromatic rings. The highest BCUT2D eigenvalue weighted by atomic mass is 35.5. The molecule has 2 aliphatic rings. The van der Waals surface area contributed by atoms with Crippen molar-refractivity contribution >= 4 is 33.4 Å². The number of nitrogens with zero attached hydrogens (tertiary/aromatic N) is 3. The highest BCUT2D eigenvalue weighted by Crippen LogP contribution is 2.38. The van der Waals surface area contributed by atoms with Crippen molar-refractivity contribution in [3.05, 3.63) is 52.5 Å². The lowest BCUT2D eigenvalue weighted by Gasteiger charge is -2.35. The van der Waals surface area contributed by atoms with E-state index in [0.29, 0.717) is 42.1 Å². The molecule has 2 heterocycles. The predicted molar refractivity (Wildman–Crippen MR) is 121 cm³/mol. The van der Waals surface area contributed by atoms with Gasteiger partial charge in [-0.25, -0.2) is 12.7 Å². The van der Waals surface area contributed by atoms with Crippen LogP contribution in [0.5, 0.6) is 11.5 Å². The van der Waals surface area contributed by atoms with Gasteiger partial charge in [-0.05, 0) is 23.8 Å². The van der Waals surface area contributed by atoms with Crippen LogP contribution in [0.2, 0.25) is 5.02 Å². The number of rotatable bonds is 6. The third-order valence-electron chi connectivity index (χ3n) is 5.81. The monoisotopic (exact) mass is 493 g/mol. The molecule has 2 aromatic carbocycles. The van der Waals surface area contributed by atoms with Gasteiger partial charge < -0.3 is 14.4 Å². The van der Waals surface area contributed by atoms with Crippen molar-refractivity contribution in [2.45, 2.75) is 11.4 Å². The standard InChI is InChI=1S/C22H24ClN3O6S/c1-31-18-11-17-20(12-19(18)32-2)33(29,30)26(22(17)28)14-21(27)25-8-6-24(7-9-25)13-15-4-3-5-16(23)10-15/h3-5,10-12H,6-9,13-14H2,1-2H3. The Bertz CT molecular complexity index is 1190. The molecule has 0 spiro atoms. The minimum atomic E-state index is -4.16. The SMILES string of the molecule is COc1cc2c(cc1OC)S(=O)(=O)N(CC(=O)N1CCN(Cc3cccc(Cl)c3)CC1)C2=O. The summed E-state index contributed by atoms with van der Waals surface area (Å²) in [6.45, 7) is 2.31. The Balaban J connectivity index is 1.42. The molecule has 0 unspecified atom stereocenters. The van der Waals surface area contributed by atoms with Gasteiger partial charge in [0.15, 0.2) is 11.5 Å². The van der Waals surface area contributed by atoms with E-state index in [1.54, 1.807) is 4.90 Å². The first-order valence-electron chi connectivity index (χ1n) is 10.3. The molecular weight excluding hydrogens is 470 g/mol. The fourth-order valence-electron chi connectivity index (χ4n) is 4.03. The Kier molecular flexibility index (Phi) is 6.51. The van der Waals surface area contributed by atoms with Crippen LogP contribution in [0.25, 0.3) is 0 Å². The molecule has 0 aliphatic carbocycles. The zero-order valence-corrected chi connectivity index (χ0v) is 19.9. The van der Waals surface area contributed by atoms with Crippen LogP contribution in [-0.2, 0) is 21.4 Å². The van der Waals surface area contributed by atoms with Crippen molar-refractivity contribution in [1.82, 2.24) is 14.1 Å². The summed E-state index contributed by atoms with van der Waals surface area (Å²) in [5.74, 6) is -0.736. The van der Waals surface area contributed by atoms with Crippen LogP contribution >= 0.6 is 11.6 Å². The summed E-state index contributed by atoms with van der Waals surface area (Å²) >= 11 is 6.04. The van der Waals surface area contributed by atoms with Crippen LogP contribution in [-0.4, -0.2) is 81.3 Å². The Morgan fingerprint density at radius 2 is 1.70 bits per heavy atom. The highest BCUT2D eigenvalue weighted by Gasteiger charge is 2.44. The van der Waals surface area contributed by atoms with Gasteiger partial charge in [-0.2, -0.15) is 0 Å². The van der Waals surface area contributed by atoms with E-state index in [0.717, 1.165) is 5.56 Å². The molecule has 176 valence electrons. The molecule has 9 nitrogen and oxygen atoms in total. The Morgan fingerprint density at radius 3 is 2.33 bits per heavy atom. The largest absolute Gasteiger partial charge is 0.493 e. The van der Waals surface area contributed by atoms with Crippen LogP contribution in [0, 0.1) is 0 Å². The smallest absolute Gasteiger partial charge is 0.269 e. The van der Waals surface area contributed by atoms with Gasteiger partial charge in [0.05, 0.1) is 19.8 Å². The zero-order chi connectivity index (χ0) is 23.8. The number of sulfonamides is 1. The van der Waals surface area contributed by atoms with E-state index in [2.05, 4.69) is 4.90 Å². The van der Waals surface area contributed by atoms with Gasteiger partial charge in [-0.15, -0.1) is 0 Å². The normalized spacial score (nSPS) is 17.7. The summed E-state index contributed by atoms with van der Waals surface area (Å²) < 4.78 is 36.9. The maximum absolute atomic E-state index is 13.0. The lowest BCUT2D eigenvalue weighted by atomic mass is 10.2. The molecular formula is C22H24ClN3O6S. The Hall–Kier alpha value is -2.82. The van der Waals surface area contributed by atoms with Gasteiger partial charge in [0.1, 0.15) is 11.4 Å². The number of carbonyl (C=O) groups is 2. The molecule has 0 aromatic heterocycles. The Morgan fingerprint density at radius 1 is 1.03 bits per heavy atom. The molecule has 33 heavy (non-hydrogen) atoms. The topological polar surface area (TPSA) is 96.5 Å². The van der Waals surface area contributed by atoms with Gasteiger partial charge in [-0.3, -0.25) is 14.5 Å². The van der Waals surface area contributed by atoms with Crippen molar-refractivity contribution < 1.29 is 27.5 Å². The van der Waals surface area contributed by atoms with Crippen LogP contribution in [0.3, 0.4) is 0 Å². The lowest BCUT2D eigenvalue weighted by molar-refractivity contribution is -0.132. The van der Waals surface area contributed by atoms with E-state index in [1.807, 2.05) is 24.3 Å². The number of carbonyl (C=O) groups excluding carboxylic acids is 2. The third-order valence-corrected chi connectivity index (χ3v) is 7.81. The number of methoxy groups -OCH3 is 2. The van der Waals surface area contributed by atoms with E-state index in [-0.39, 0.29) is 22.0 Å². The van der Waals surface area contributed by atoms with E-state index in [4.69, 9.17) is 21.1 Å². The van der Waals surface area contributed by atoms with Crippen LogP contribution in [0.4, 0.5) is 0 Å². The quantitative estimate of drug-likeness (QED) is 0.605. The van der Waals surface area contributed by atoms with Gasteiger partial charge >= 0.3 is 0 Å². The first kappa shape index (κ1) is 23.3. The van der Waals surface area contributed by atoms with Gasteiger partial charge in [0.25, 0.3) is 15.9 Å². The first-order valence-corrected chi connectivity index (χ1v) is 12.1. The number of piperazine rings is 1. The Labute approximate surface area is 197 Å². The first-order chi connectivity index (χ1) is 15.7. The average molecular weight is 494 g/mol. The lowest BCUT2D eigenvalue weighted by Crippen LogP contribution is -2.51. The molecule has 11 heteroatoms. The fourth-order valence-corrected chi connectivity index (χ4v) is 5.76. The summed E-state index contributed by atoms with van der Waals surface area (Å²) in [6.07, 6.45) is 0. The molecule has 0 bridgehead atoms. The molecule has 0 radical (unpaired) electrons. The molecule has 2 aliphatic heterocycles. The summed E-state index contributed by atoms with van der Waals surface area (Å²) in [5, 5.41) is 0.675. The summed E-state index contributed by atoms with van der Waals surface area (Å²) in [6, 6.07) is 10.2. The van der Waals surface area contributed by atoms with E-state index in [1.165, 1.54) is 26.4 Å². The minimum Gasteiger partial charge on any atom is -0.493 e. The number of ether oxygens (including phenoxy) is 2. The zero-order valence-electron chi connectivity index (χ0n) is 18.3. The molecule has 1 saturated heterocycles. The van der Waals surface area contributed by atoms with Crippen LogP contribution < -0.4 is 9.47 Å². The van der Waals surface area contributed by atoms with Crippen LogP contribution in [0.1, 0.15) is 15.9 Å². The molecule has 0 atom stereocenters. The minimum absolute atomic E-state index is 0.0354. The van der Waals surface area contributed by atoms with Crippen molar-refractivity contribution in [2.24, 2.45) is 0 Å². The molecule has 4 rings (SSSR count). The molecule has 2 amide bonds. The summed E-state index contributed by atoms with van der Waals surface area (Å²) in [7, 11) is -1.39. The molecule has 1 fully saturated rings. The van der Waals surface area contributed by atoms with Crippen molar-refractivity contribution in [3.63, 3.8) is 0 Å². The van der Waals surface area contributed by atoms with E-state index >= 15 is 0 Å². The number of fused-ring (bicyclic) bond motifs is 1. The second-order valence-corrected chi connectivity index (χ2v) is 10.1. The summed E-state index contributed by atoms with van der Waals surface area (Å²) in [5.41, 5.74) is 1.05. The molecule has 0 saturated carbocycles. The van der Waals surface area contributed by atoms with Crippen molar-refractivity contribution in [3.8, 4) is 11.5 Å². The van der Waals surface area contributed by atoms with Crippen LogP contribution in [0.15, 0.2) is 41.3 Å². The van der Waals surface area contributed by atoms with Crippen molar-refractivity contribution in [1.29, 1.82) is 0 Å². The maximum atomic E-state index is 13.0. The second kappa shape index (κ2) is 9.20. The molecule has 0 N–H and O–H groups in total.